The van der Waals surface area contributed by atoms with Crippen molar-refractivity contribution < 1.29 is 4.79 Å². The summed E-state index contributed by atoms with van der Waals surface area (Å²) in [6, 6.07) is 0.176. The Morgan fingerprint density at radius 3 is 2.08 bits per heavy atom. The maximum atomic E-state index is 12.7. The first-order valence-electron chi connectivity index (χ1n) is 10.3. The summed E-state index contributed by atoms with van der Waals surface area (Å²) in [5, 5.41) is 10.9. The Morgan fingerprint density at radius 2 is 1.62 bits per heavy atom. The van der Waals surface area contributed by atoms with E-state index in [2.05, 4.69) is 29.6 Å². The molecule has 4 bridgehead atoms. The maximum Gasteiger partial charge on any atom is 0.315 e. The number of amides is 2. The van der Waals surface area contributed by atoms with Crippen molar-refractivity contribution in [2.24, 2.45) is 30.2 Å². The highest BCUT2D eigenvalue weighted by Crippen LogP contribution is 2.61. The molecular formula is C21H34N4O. The number of nitrogens with one attached hydrogen (secondary N) is 2. The van der Waals surface area contributed by atoms with E-state index in [4.69, 9.17) is 0 Å². The molecule has 4 fully saturated rings. The predicted octanol–water partition coefficient (Wildman–Crippen LogP) is 4.00. The average molecular weight is 359 g/mol. The highest BCUT2D eigenvalue weighted by atomic mass is 16.2. The van der Waals surface area contributed by atoms with Crippen LogP contribution in [0.1, 0.15) is 75.4 Å². The van der Waals surface area contributed by atoms with Crippen LogP contribution in [0.5, 0.6) is 0 Å². The van der Waals surface area contributed by atoms with Gasteiger partial charge in [-0.05, 0) is 89.4 Å². The van der Waals surface area contributed by atoms with Gasteiger partial charge in [0.05, 0.1) is 11.7 Å². The number of aromatic nitrogens is 2. The van der Waals surface area contributed by atoms with Crippen LogP contribution in [-0.2, 0) is 7.05 Å². The Labute approximate surface area is 157 Å². The van der Waals surface area contributed by atoms with Gasteiger partial charge in [-0.15, -0.1) is 0 Å². The summed E-state index contributed by atoms with van der Waals surface area (Å²) >= 11 is 0. The topological polar surface area (TPSA) is 59.0 Å². The van der Waals surface area contributed by atoms with E-state index >= 15 is 0 Å². The van der Waals surface area contributed by atoms with E-state index in [0.29, 0.717) is 5.41 Å². The van der Waals surface area contributed by atoms with Crippen molar-refractivity contribution in [2.75, 3.05) is 0 Å². The van der Waals surface area contributed by atoms with Gasteiger partial charge in [-0.1, -0.05) is 0 Å². The van der Waals surface area contributed by atoms with Gasteiger partial charge in [-0.25, -0.2) is 4.79 Å². The number of nitrogens with zero attached hydrogens (tertiary/aromatic N) is 2. The minimum Gasteiger partial charge on any atom is -0.335 e. The number of urea groups is 1. The zero-order chi connectivity index (χ0) is 18.6. The van der Waals surface area contributed by atoms with E-state index < -0.39 is 0 Å². The van der Waals surface area contributed by atoms with Crippen LogP contribution in [0.15, 0.2) is 0 Å². The molecule has 4 aliphatic carbocycles. The summed E-state index contributed by atoms with van der Waals surface area (Å²) in [6.07, 6.45) is 8.27. The van der Waals surface area contributed by atoms with Crippen molar-refractivity contribution in [2.45, 2.75) is 78.3 Å². The third-order valence-electron chi connectivity index (χ3n) is 7.70. The Morgan fingerprint density at radius 1 is 1.08 bits per heavy atom. The van der Waals surface area contributed by atoms with Gasteiger partial charge in [0.1, 0.15) is 0 Å². The first kappa shape index (κ1) is 17.9. The van der Waals surface area contributed by atoms with E-state index in [1.807, 2.05) is 25.6 Å². The molecule has 5 rings (SSSR count). The molecule has 1 aromatic heterocycles. The van der Waals surface area contributed by atoms with Crippen LogP contribution in [0.25, 0.3) is 0 Å². The lowest BCUT2D eigenvalue weighted by molar-refractivity contribution is -0.0682. The highest BCUT2D eigenvalue weighted by Gasteiger charge is 2.53. The van der Waals surface area contributed by atoms with Gasteiger partial charge in [0.2, 0.25) is 0 Å². The molecule has 2 N–H and O–H groups in total. The van der Waals surface area contributed by atoms with Gasteiger partial charge in [0, 0.05) is 24.3 Å². The first-order chi connectivity index (χ1) is 12.3. The zero-order valence-electron chi connectivity index (χ0n) is 16.9. The summed E-state index contributed by atoms with van der Waals surface area (Å²) in [6.45, 7) is 8.35. The van der Waals surface area contributed by atoms with Gasteiger partial charge in [0.15, 0.2) is 0 Å². The second-order valence-electron chi connectivity index (χ2n) is 9.55. The number of hydrogen-bond donors (Lipinski definition) is 2. The van der Waals surface area contributed by atoms with Crippen LogP contribution < -0.4 is 10.6 Å². The first-order valence-corrected chi connectivity index (χ1v) is 10.3. The summed E-state index contributed by atoms with van der Waals surface area (Å²) < 4.78 is 1.89. The molecule has 0 aliphatic heterocycles. The van der Waals surface area contributed by atoms with Gasteiger partial charge >= 0.3 is 6.03 Å². The second-order valence-corrected chi connectivity index (χ2v) is 9.55. The molecule has 0 spiro atoms. The second kappa shape index (κ2) is 6.28. The maximum absolute atomic E-state index is 12.7. The Bertz CT molecular complexity index is 672. The lowest BCUT2D eigenvalue weighted by Crippen LogP contribution is -2.57. The van der Waals surface area contributed by atoms with Gasteiger partial charge in [0.25, 0.3) is 0 Å². The third-order valence-corrected chi connectivity index (χ3v) is 7.70. The molecule has 0 aromatic carbocycles. The highest BCUT2D eigenvalue weighted by molar-refractivity contribution is 5.75. The van der Waals surface area contributed by atoms with E-state index in [-0.39, 0.29) is 18.1 Å². The predicted molar refractivity (Wildman–Crippen MR) is 103 cm³/mol. The van der Waals surface area contributed by atoms with E-state index in [9.17, 15) is 4.79 Å². The number of carbonyl (C=O) groups is 1. The molecule has 26 heavy (non-hydrogen) atoms. The molecule has 0 saturated heterocycles. The lowest BCUT2D eigenvalue weighted by Gasteiger charge is -2.59. The fraction of sp³-hybridized carbons (Fsp3) is 0.810. The lowest BCUT2D eigenvalue weighted by atomic mass is 9.48. The Hall–Kier alpha value is -1.52. The molecule has 5 nitrogen and oxygen atoms in total. The Kier molecular flexibility index (Phi) is 4.31. The summed E-state index contributed by atoms with van der Waals surface area (Å²) in [5.74, 6) is 2.73. The van der Waals surface area contributed by atoms with Crippen molar-refractivity contribution in [1.29, 1.82) is 0 Å². The van der Waals surface area contributed by atoms with Crippen LogP contribution >= 0.6 is 0 Å². The monoisotopic (exact) mass is 358 g/mol. The summed E-state index contributed by atoms with van der Waals surface area (Å²) in [7, 11) is 1.95. The van der Waals surface area contributed by atoms with Gasteiger partial charge < -0.3 is 10.6 Å². The van der Waals surface area contributed by atoms with Crippen molar-refractivity contribution in [1.82, 2.24) is 20.4 Å². The average Bonchev–Trinajstić information content (AvgIpc) is 2.78. The van der Waals surface area contributed by atoms with Gasteiger partial charge in [-0.3, -0.25) is 4.68 Å². The largest absolute Gasteiger partial charge is 0.335 e. The van der Waals surface area contributed by atoms with Crippen molar-refractivity contribution in [3.63, 3.8) is 0 Å². The minimum atomic E-state index is -0.0385. The van der Waals surface area contributed by atoms with E-state index in [1.54, 1.807) is 0 Å². The van der Waals surface area contributed by atoms with Gasteiger partial charge in [-0.2, -0.15) is 5.10 Å². The number of rotatable bonds is 4. The minimum absolute atomic E-state index is 0.0349. The van der Waals surface area contributed by atoms with Crippen LogP contribution in [0.2, 0.25) is 0 Å². The van der Waals surface area contributed by atoms with Crippen LogP contribution in [0.3, 0.4) is 0 Å². The van der Waals surface area contributed by atoms with Crippen LogP contribution in [0, 0.1) is 37.0 Å². The molecule has 0 unspecified atom stereocenters. The van der Waals surface area contributed by atoms with Crippen LogP contribution in [0.4, 0.5) is 4.79 Å². The fourth-order valence-electron chi connectivity index (χ4n) is 6.78. The molecule has 5 heteroatoms. The quantitative estimate of drug-likeness (QED) is 0.854. The smallest absolute Gasteiger partial charge is 0.315 e. The van der Waals surface area contributed by atoms with Crippen molar-refractivity contribution >= 4 is 6.03 Å². The van der Waals surface area contributed by atoms with Crippen molar-refractivity contribution in [3.8, 4) is 0 Å². The molecular weight excluding hydrogens is 324 g/mol. The van der Waals surface area contributed by atoms with Crippen LogP contribution in [-0.4, -0.2) is 21.9 Å². The SMILES string of the molecule is Cc1nn(C)c(C)c1[C@@H](C)NC(=O)N[C@H](C)C12CC3CC(CC(C3)C1)C2. The normalized spacial score (nSPS) is 34.6. The van der Waals surface area contributed by atoms with E-state index in [1.165, 1.54) is 38.5 Å². The molecule has 4 saturated carbocycles. The number of hydrogen-bond acceptors (Lipinski definition) is 2. The third kappa shape index (κ3) is 2.93. The number of carbonyl (C=O) groups excluding carboxylic acids is 1. The standard InChI is InChI=1S/C21H34N4O/c1-12(19-13(2)24-25(5)14(19)3)22-20(26)23-15(4)21-9-16-6-17(10-21)8-18(7-16)11-21/h12,15-18H,6-11H2,1-5H3,(H2,22,23,26)/t12-,15-,16?,17?,18?,21?/m1/s1. The number of aryl methyl sites for hydroxylation is 2. The molecule has 2 amide bonds. The van der Waals surface area contributed by atoms with E-state index in [0.717, 1.165) is 34.7 Å². The summed E-state index contributed by atoms with van der Waals surface area (Å²) in [5.41, 5.74) is 3.58. The zero-order valence-corrected chi connectivity index (χ0v) is 16.9. The Balaban J connectivity index is 1.40. The molecule has 1 aromatic rings. The molecule has 2 atom stereocenters. The van der Waals surface area contributed by atoms with Crippen molar-refractivity contribution in [3.05, 3.63) is 17.0 Å². The molecule has 4 aliphatic rings. The molecule has 144 valence electrons. The fourth-order valence-corrected chi connectivity index (χ4v) is 6.78. The summed E-state index contributed by atoms with van der Waals surface area (Å²) in [4.78, 5) is 12.7. The molecule has 1 heterocycles. The molecule has 0 radical (unpaired) electrons.